The fraction of sp³-hybridized carbons (Fsp3) is 0.381. The van der Waals surface area contributed by atoms with Crippen molar-refractivity contribution in [3.63, 3.8) is 0 Å². The third-order valence-corrected chi connectivity index (χ3v) is 5.30. The minimum Gasteiger partial charge on any atom is -0.501 e. The van der Waals surface area contributed by atoms with Gasteiger partial charge in [-0.3, -0.25) is 14.2 Å². The maximum absolute atomic E-state index is 13.0. The van der Waals surface area contributed by atoms with E-state index in [1.165, 1.54) is 16.7 Å². The van der Waals surface area contributed by atoms with Gasteiger partial charge in [0.05, 0.1) is 11.9 Å². The molecule has 0 aliphatic carbocycles. The number of halogens is 1. The number of rotatable bonds is 6. The molecule has 1 unspecified atom stereocenters. The number of carbonyl (C=O) groups is 1. The molecule has 0 bridgehead atoms. The van der Waals surface area contributed by atoms with Crippen molar-refractivity contribution in [1.29, 1.82) is 0 Å². The van der Waals surface area contributed by atoms with E-state index in [2.05, 4.69) is 16.9 Å². The molecule has 0 spiro atoms. The Kier molecular flexibility index (Phi) is 6.09. The molecule has 1 amide bonds. The molecule has 160 valence electrons. The molecule has 1 aliphatic heterocycles. The number of benzene rings is 1. The number of aromatic hydroxyl groups is 1. The van der Waals surface area contributed by atoms with Gasteiger partial charge in [-0.2, -0.15) is 0 Å². The van der Waals surface area contributed by atoms with E-state index < -0.39 is 17.2 Å². The molecular formula is C21H26FN5O3. The topological polar surface area (TPSA) is 90.7 Å². The lowest BCUT2D eigenvalue weighted by Crippen LogP contribution is -2.40. The van der Waals surface area contributed by atoms with Gasteiger partial charge in [0.25, 0.3) is 11.5 Å². The largest absolute Gasteiger partial charge is 0.501 e. The monoisotopic (exact) mass is 415 g/mol. The molecule has 1 aromatic carbocycles. The summed E-state index contributed by atoms with van der Waals surface area (Å²) in [5, 5.41) is 13.0. The van der Waals surface area contributed by atoms with E-state index in [4.69, 9.17) is 0 Å². The second-order valence-corrected chi connectivity index (χ2v) is 7.51. The van der Waals surface area contributed by atoms with Crippen molar-refractivity contribution in [2.45, 2.75) is 32.0 Å². The van der Waals surface area contributed by atoms with Gasteiger partial charge in [0.2, 0.25) is 5.75 Å². The summed E-state index contributed by atoms with van der Waals surface area (Å²) in [4.78, 5) is 33.5. The minimum absolute atomic E-state index is 0.111. The first-order chi connectivity index (χ1) is 14.2. The summed E-state index contributed by atoms with van der Waals surface area (Å²) in [5.41, 5.74) is -0.275. The lowest BCUT2D eigenvalue weighted by atomic mass is 10.0. The van der Waals surface area contributed by atoms with Gasteiger partial charge in [0, 0.05) is 34.2 Å². The molecule has 1 aromatic heterocycles. The Morgan fingerprint density at radius 1 is 1.33 bits per heavy atom. The molecule has 0 fully saturated rings. The summed E-state index contributed by atoms with van der Waals surface area (Å²) in [6.45, 7) is 4.58. The van der Waals surface area contributed by atoms with Crippen LogP contribution in [0.15, 0.2) is 41.5 Å². The summed E-state index contributed by atoms with van der Waals surface area (Å²) in [5.74, 6) is -0.568. The quantitative estimate of drug-likeness (QED) is 0.748. The SMILES string of the molecule is C=C(N(C)C)N(C)C1CCCn2c1nc(C(=O)NCc1ccc(F)cc1)c(O)c2=O. The average molecular weight is 415 g/mol. The zero-order valence-electron chi connectivity index (χ0n) is 17.4. The highest BCUT2D eigenvalue weighted by Crippen LogP contribution is 2.31. The van der Waals surface area contributed by atoms with Gasteiger partial charge in [-0.05, 0) is 30.5 Å². The zero-order valence-corrected chi connectivity index (χ0v) is 17.4. The summed E-state index contributed by atoms with van der Waals surface area (Å²) in [6.07, 6.45) is 1.47. The lowest BCUT2D eigenvalue weighted by Gasteiger charge is -2.37. The van der Waals surface area contributed by atoms with Crippen molar-refractivity contribution in [2.24, 2.45) is 0 Å². The van der Waals surface area contributed by atoms with Crippen LogP contribution in [-0.2, 0) is 13.1 Å². The number of hydrogen-bond donors (Lipinski definition) is 2. The van der Waals surface area contributed by atoms with Crippen LogP contribution in [0.2, 0.25) is 0 Å². The van der Waals surface area contributed by atoms with Crippen LogP contribution in [0.25, 0.3) is 0 Å². The number of amides is 1. The molecule has 9 heteroatoms. The van der Waals surface area contributed by atoms with Gasteiger partial charge in [0.15, 0.2) is 5.69 Å². The normalized spacial score (nSPS) is 15.3. The molecule has 2 N–H and O–H groups in total. The molecule has 8 nitrogen and oxygen atoms in total. The van der Waals surface area contributed by atoms with Gasteiger partial charge in [0.1, 0.15) is 11.6 Å². The van der Waals surface area contributed by atoms with Crippen LogP contribution in [0, 0.1) is 5.82 Å². The van der Waals surface area contributed by atoms with Crippen LogP contribution >= 0.6 is 0 Å². The highest BCUT2D eigenvalue weighted by Gasteiger charge is 2.31. The predicted molar refractivity (Wildman–Crippen MR) is 110 cm³/mol. The molecule has 0 saturated carbocycles. The van der Waals surface area contributed by atoms with Gasteiger partial charge in [-0.25, -0.2) is 9.37 Å². The number of aromatic nitrogens is 2. The van der Waals surface area contributed by atoms with Crippen LogP contribution in [-0.4, -0.2) is 51.5 Å². The van der Waals surface area contributed by atoms with Crippen LogP contribution in [0.5, 0.6) is 5.75 Å². The van der Waals surface area contributed by atoms with Crippen molar-refractivity contribution in [3.05, 3.63) is 69.9 Å². The van der Waals surface area contributed by atoms with E-state index in [1.54, 1.807) is 12.1 Å². The van der Waals surface area contributed by atoms with Crippen LogP contribution < -0.4 is 10.9 Å². The van der Waals surface area contributed by atoms with E-state index in [0.29, 0.717) is 17.9 Å². The van der Waals surface area contributed by atoms with E-state index in [-0.39, 0.29) is 24.1 Å². The van der Waals surface area contributed by atoms with Crippen LogP contribution in [0.1, 0.15) is 40.8 Å². The highest BCUT2D eigenvalue weighted by molar-refractivity contribution is 5.94. The summed E-state index contributed by atoms with van der Waals surface area (Å²) < 4.78 is 14.5. The molecular weight excluding hydrogens is 389 g/mol. The number of hydrogen-bond acceptors (Lipinski definition) is 6. The summed E-state index contributed by atoms with van der Waals surface area (Å²) in [7, 11) is 5.59. The molecule has 1 atom stereocenters. The Morgan fingerprint density at radius 3 is 2.63 bits per heavy atom. The molecule has 0 radical (unpaired) electrons. The zero-order chi connectivity index (χ0) is 22.0. The first kappa shape index (κ1) is 21.4. The standard InChI is InChI=1S/C21H26FN5O3/c1-13(25(2)3)26(4)16-6-5-11-27-19(16)24-17(18(28)21(27)30)20(29)23-12-14-7-9-15(22)10-8-14/h7-10,16,28H,1,5-6,11-12H2,2-4H3,(H,23,29). The molecule has 1 aliphatic rings. The summed E-state index contributed by atoms with van der Waals surface area (Å²) >= 11 is 0. The molecule has 3 rings (SSSR count). The molecule has 0 saturated heterocycles. The number of nitrogens with zero attached hydrogens (tertiary/aromatic N) is 4. The predicted octanol–water partition coefficient (Wildman–Crippen LogP) is 1.82. The van der Waals surface area contributed by atoms with E-state index >= 15 is 0 Å². The van der Waals surface area contributed by atoms with Crippen LogP contribution in [0.4, 0.5) is 4.39 Å². The maximum Gasteiger partial charge on any atom is 0.296 e. The summed E-state index contributed by atoms with van der Waals surface area (Å²) in [6, 6.07) is 5.41. The Balaban J connectivity index is 1.91. The van der Waals surface area contributed by atoms with E-state index in [0.717, 1.165) is 18.7 Å². The third-order valence-electron chi connectivity index (χ3n) is 5.30. The van der Waals surface area contributed by atoms with Gasteiger partial charge < -0.3 is 20.2 Å². The van der Waals surface area contributed by atoms with Crippen LogP contribution in [0.3, 0.4) is 0 Å². The molecule has 30 heavy (non-hydrogen) atoms. The van der Waals surface area contributed by atoms with Crippen molar-refractivity contribution in [1.82, 2.24) is 24.7 Å². The van der Waals surface area contributed by atoms with E-state index in [9.17, 15) is 19.1 Å². The second kappa shape index (κ2) is 8.56. The van der Waals surface area contributed by atoms with E-state index in [1.807, 2.05) is 30.9 Å². The first-order valence-electron chi connectivity index (χ1n) is 9.66. The Bertz CT molecular complexity index is 1020. The van der Waals surface area contributed by atoms with Gasteiger partial charge in [-0.15, -0.1) is 0 Å². The number of nitrogens with one attached hydrogen (secondary N) is 1. The fourth-order valence-corrected chi connectivity index (χ4v) is 3.49. The third kappa shape index (κ3) is 4.14. The fourth-order valence-electron chi connectivity index (χ4n) is 3.49. The average Bonchev–Trinajstić information content (AvgIpc) is 2.74. The number of carbonyl (C=O) groups excluding carboxylic acids is 1. The first-order valence-corrected chi connectivity index (χ1v) is 9.66. The number of fused-ring (bicyclic) bond motifs is 1. The lowest BCUT2D eigenvalue weighted by molar-refractivity contribution is 0.0939. The minimum atomic E-state index is -0.676. The maximum atomic E-state index is 13.0. The van der Waals surface area contributed by atoms with Crippen molar-refractivity contribution in [3.8, 4) is 5.75 Å². The van der Waals surface area contributed by atoms with Crippen molar-refractivity contribution >= 4 is 5.91 Å². The second-order valence-electron chi connectivity index (χ2n) is 7.51. The van der Waals surface area contributed by atoms with Gasteiger partial charge >= 0.3 is 0 Å². The molecule has 2 heterocycles. The Morgan fingerprint density at radius 2 is 2.00 bits per heavy atom. The Hall–Kier alpha value is -3.36. The highest BCUT2D eigenvalue weighted by atomic mass is 19.1. The van der Waals surface area contributed by atoms with Crippen molar-refractivity contribution in [2.75, 3.05) is 21.1 Å². The Labute approximate surface area is 174 Å². The smallest absolute Gasteiger partial charge is 0.296 e. The molecule has 2 aromatic rings. The van der Waals surface area contributed by atoms with Gasteiger partial charge in [-0.1, -0.05) is 18.7 Å². The van der Waals surface area contributed by atoms with Crippen molar-refractivity contribution < 1.29 is 14.3 Å².